The van der Waals surface area contributed by atoms with E-state index in [9.17, 15) is 8.42 Å². The third-order valence-corrected chi connectivity index (χ3v) is 6.06. The van der Waals surface area contributed by atoms with Gasteiger partial charge in [-0.3, -0.25) is 9.58 Å². The molecule has 2 aromatic heterocycles. The molecular weight excluding hydrogens is 318 g/mol. The first-order valence-corrected chi connectivity index (χ1v) is 8.95. The van der Waals surface area contributed by atoms with Crippen LogP contribution in [0.4, 0.5) is 0 Å². The second-order valence-corrected chi connectivity index (χ2v) is 7.77. The largest absolute Gasteiger partial charge is 0.361 e. The molecule has 0 bridgehead atoms. The third-order valence-electron chi connectivity index (χ3n) is 4.21. The van der Waals surface area contributed by atoms with E-state index >= 15 is 0 Å². The fraction of sp³-hybridized carbons (Fsp3) is 0.571. The van der Waals surface area contributed by atoms with Crippen molar-refractivity contribution in [2.45, 2.75) is 25.3 Å². The Morgan fingerprint density at radius 2 is 1.91 bits per heavy atom. The number of rotatable bonds is 4. The summed E-state index contributed by atoms with van der Waals surface area (Å²) < 4.78 is 33.3. The smallest absolute Gasteiger partial charge is 0.246 e. The molecule has 1 fully saturated rings. The van der Waals surface area contributed by atoms with Gasteiger partial charge in [0.2, 0.25) is 10.0 Å². The highest BCUT2D eigenvalue weighted by atomic mass is 32.2. The lowest BCUT2D eigenvalue weighted by Crippen LogP contribution is -2.48. The van der Waals surface area contributed by atoms with Gasteiger partial charge in [0, 0.05) is 51.5 Å². The van der Waals surface area contributed by atoms with Crippen LogP contribution in [0.15, 0.2) is 21.8 Å². The topological polar surface area (TPSA) is 84.5 Å². The Bertz CT molecular complexity index is 768. The molecule has 1 aliphatic heterocycles. The van der Waals surface area contributed by atoms with Gasteiger partial charge in [-0.2, -0.15) is 9.40 Å². The molecule has 0 amide bonds. The minimum absolute atomic E-state index is 0.249. The molecule has 0 spiro atoms. The zero-order chi connectivity index (χ0) is 16.6. The van der Waals surface area contributed by atoms with Crippen molar-refractivity contribution < 1.29 is 12.9 Å². The fourth-order valence-electron chi connectivity index (χ4n) is 2.76. The lowest BCUT2D eigenvalue weighted by molar-refractivity contribution is 0.180. The molecule has 9 heteroatoms. The van der Waals surface area contributed by atoms with Crippen molar-refractivity contribution in [2.24, 2.45) is 7.05 Å². The standard InChI is InChI=1S/C14H21N5O3S/c1-11-14(12(2)22-16-11)10-18-4-6-19(7-5-18)23(20,21)13-8-15-17(3)9-13/h8-9H,4-7,10H2,1-3H3. The first-order chi connectivity index (χ1) is 10.9. The lowest BCUT2D eigenvalue weighted by atomic mass is 10.2. The Kier molecular flexibility index (Phi) is 4.26. The summed E-state index contributed by atoms with van der Waals surface area (Å²) in [6.07, 6.45) is 2.93. The Morgan fingerprint density at radius 3 is 2.43 bits per heavy atom. The van der Waals surface area contributed by atoms with Crippen LogP contribution in [0.25, 0.3) is 0 Å². The van der Waals surface area contributed by atoms with Crippen molar-refractivity contribution in [3.8, 4) is 0 Å². The van der Waals surface area contributed by atoms with Crippen molar-refractivity contribution in [2.75, 3.05) is 26.2 Å². The molecular formula is C14H21N5O3S. The molecule has 3 rings (SSSR count). The Balaban J connectivity index is 1.64. The molecule has 0 aromatic carbocycles. The highest BCUT2D eigenvalue weighted by molar-refractivity contribution is 7.89. The van der Waals surface area contributed by atoms with E-state index in [1.54, 1.807) is 7.05 Å². The first kappa shape index (κ1) is 16.2. The lowest BCUT2D eigenvalue weighted by Gasteiger charge is -2.33. The second-order valence-electron chi connectivity index (χ2n) is 5.83. The summed E-state index contributed by atoms with van der Waals surface area (Å²) in [6, 6.07) is 0. The minimum atomic E-state index is -3.45. The third kappa shape index (κ3) is 3.17. The maximum atomic E-state index is 12.6. The van der Waals surface area contributed by atoms with Gasteiger partial charge in [-0.25, -0.2) is 8.42 Å². The van der Waals surface area contributed by atoms with Crippen LogP contribution in [-0.4, -0.2) is 58.7 Å². The van der Waals surface area contributed by atoms with Crippen LogP contribution < -0.4 is 0 Å². The maximum absolute atomic E-state index is 12.6. The minimum Gasteiger partial charge on any atom is -0.361 e. The number of nitrogens with zero attached hydrogens (tertiary/aromatic N) is 5. The van der Waals surface area contributed by atoms with E-state index in [1.807, 2.05) is 13.8 Å². The van der Waals surface area contributed by atoms with Crippen molar-refractivity contribution >= 4 is 10.0 Å². The van der Waals surface area contributed by atoms with E-state index in [1.165, 1.54) is 21.4 Å². The van der Waals surface area contributed by atoms with Gasteiger partial charge >= 0.3 is 0 Å². The van der Waals surface area contributed by atoms with Gasteiger partial charge in [0.15, 0.2) is 0 Å². The number of sulfonamides is 1. The van der Waals surface area contributed by atoms with E-state index in [2.05, 4.69) is 15.2 Å². The van der Waals surface area contributed by atoms with Crippen LogP contribution in [0, 0.1) is 13.8 Å². The zero-order valence-corrected chi connectivity index (χ0v) is 14.4. The summed E-state index contributed by atoms with van der Waals surface area (Å²) in [5, 5.41) is 7.91. The highest BCUT2D eigenvalue weighted by Crippen LogP contribution is 2.19. The van der Waals surface area contributed by atoms with Crippen LogP contribution in [0.1, 0.15) is 17.0 Å². The quantitative estimate of drug-likeness (QED) is 0.808. The SMILES string of the molecule is Cc1noc(C)c1CN1CCN(S(=O)(=O)c2cnn(C)c2)CC1. The molecule has 0 radical (unpaired) electrons. The van der Waals surface area contributed by atoms with E-state index in [0.29, 0.717) is 26.2 Å². The van der Waals surface area contributed by atoms with Gasteiger partial charge < -0.3 is 4.52 Å². The molecule has 0 unspecified atom stereocenters. The van der Waals surface area contributed by atoms with Gasteiger partial charge in [-0.1, -0.05) is 5.16 Å². The van der Waals surface area contributed by atoms with Crippen LogP contribution in [0.2, 0.25) is 0 Å². The Hall–Kier alpha value is -1.71. The molecule has 1 saturated heterocycles. The van der Waals surface area contributed by atoms with Gasteiger partial charge in [0.05, 0.1) is 11.9 Å². The average Bonchev–Trinajstić information content (AvgIpc) is 3.09. The van der Waals surface area contributed by atoms with Crippen molar-refractivity contribution in [1.29, 1.82) is 0 Å². The molecule has 0 atom stereocenters. The van der Waals surface area contributed by atoms with Crippen LogP contribution in [0.5, 0.6) is 0 Å². The van der Waals surface area contributed by atoms with Gasteiger partial charge in [-0.15, -0.1) is 0 Å². The Labute approximate surface area is 135 Å². The van der Waals surface area contributed by atoms with Crippen molar-refractivity contribution in [3.63, 3.8) is 0 Å². The molecule has 23 heavy (non-hydrogen) atoms. The van der Waals surface area contributed by atoms with Crippen molar-refractivity contribution in [3.05, 3.63) is 29.4 Å². The van der Waals surface area contributed by atoms with E-state index in [0.717, 1.165) is 23.6 Å². The summed E-state index contributed by atoms with van der Waals surface area (Å²) in [5.74, 6) is 0.827. The summed E-state index contributed by atoms with van der Waals surface area (Å²) >= 11 is 0. The molecule has 0 saturated carbocycles. The average molecular weight is 339 g/mol. The summed E-state index contributed by atoms with van der Waals surface area (Å²) in [7, 11) is -1.74. The molecule has 0 N–H and O–H groups in total. The van der Waals surface area contributed by atoms with Crippen LogP contribution in [0.3, 0.4) is 0 Å². The zero-order valence-electron chi connectivity index (χ0n) is 13.6. The predicted molar refractivity (Wildman–Crippen MR) is 83.2 cm³/mol. The molecule has 8 nitrogen and oxygen atoms in total. The summed E-state index contributed by atoms with van der Waals surface area (Å²) in [5.41, 5.74) is 1.99. The number of piperazine rings is 1. The predicted octanol–water partition coefficient (Wildman–Crippen LogP) is 0.531. The normalized spacial score (nSPS) is 17.7. The molecule has 3 heterocycles. The van der Waals surface area contributed by atoms with Gasteiger partial charge in [0.1, 0.15) is 10.7 Å². The molecule has 126 valence electrons. The molecule has 0 aliphatic carbocycles. The number of aromatic nitrogens is 3. The van der Waals surface area contributed by atoms with Gasteiger partial charge in [-0.05, 0) is 13.8 Å². The van der Waals surface area contributed by atoms with Gasteiger partial charge in [0.25, 0.3) is 0 Å². The second kappa shape index (κ2) is 6.06. The monoisotopic (exact) mass is 339 g/mol. The fourth-order valence-corrected chi connectivity index (χ4v) is 4.17. The first-order valence-electron chi connectivity index (χ1n) is 7.51. The highest BCUT2D eigenvalue weighted by Gasteiger charge is 2.29. The summed E-state index contributed by atoms with van der Waals surface area (Å²) in [4.78, 5) is 2.47. The number of aryl methyl sites for hydroxylation is 3. The summed E-state index contributed by atoms with van der Waals surface area (Å²) in [6.45, 7) is 6.88. The molecule has 1 aliphatic rings. The van der Waals surface area contributed by atoms with Crippen molar-refractivity contribution in [1.82, 2.24) is 24.1 Å². The van der Waals surface area contributed by atoms with Crippen LogP contribution in [-0.2, 0) is 23.6 Å². The van der Waals surface area contributed by atoms with Crippen LogP contribution >= 0.6 is 0 Å². The van der Waals surface area contributed by atoms with E-state index in [4.69, 9.17) is 4.52 Å². The van der Waals surface area contributed by atoms with E-state index < -0.39 is 10.0 Å². The number of hydrogen-bond acceptors (Lipinski definition) is 6. The Morgan fingerprint density at radius 1 is 1.22 bits per heavy atom. The van der Waals surface area contributed by atoms with E-state index in [-0.39, 0.29) is 4.90 Å². The molecule has 2 aromatic rings. The number of hydrogen-bond donors (Lipinski definition) is 0. The maximum Gasteiger partial charge on any atom is 0.246 e.